The summed E-state index contributed by atoms with van der Waals surface area (Å²) in [4.78, 5) is 13.5. The summed E-state index contributed by atoms with van der Waals surface area (Å²) in [7, 11) is 0. The molecule has 1 N–H and O–H groups in total. The summed E-state index contributed by atoms with van der Waals surface area (Å²) < 4.78 is 0. The van der Waals surface area contributed by atoms with Crippen molar-refractivity contribution in [3.8, 4) is 0 Å². The smallest absolute Gasteiger partial charge is 0.307 e. The lowest BCUT2D eigenvalue weighted by atomic mass is 9.86. The fourth-order valence-corrected chi connectivity index (χ4v) is 4.39. The first-order valence-corrected chi connectivity index (χ1v) is 7.68. The molecule has 0 amide bonds. The van der Waals surface area contributed by atoms with Crippen molar-refractivity contribution in [1.29, 1.82) is 0 Å². The molecule has 2 atom stereocenters. The van der Waals surface area contributed by atoms with Crippen molar-refractivity contribution < 1.29 is 9.90 Å². The molecule has 4 heteroatoms. The number of likely N-dealkylation sites (tertiary alicyclic amines) is 1. The molecule has 2 aliphatic rings. The lowest BCUT2D eigenvalue weighted by Crippen LogP contribution is -2.49. The maximum absolute atomic E-state index is 11.1. The molecule has 2 heterocycles. The first kappa shape index (κ1) is 13.2. The lowest BCUT2D eigenvalue weighted by Gasteiger charge is -2.43. The molecule has 2 fully saturated rings. The number of carboxylic acid groups (broad SMARTS) is 1. The largest absolute Gasteiger partial charge is 0.481 e. The zero-order valence-corrected chi connectivity index (χ0v) is 11.6. The zero-order chi connectivity index (χ0) is 12.5. The highest BCUT2D eigenvalue weighted by Gasteiger charge is 2.35. The van der Waals surface area contributed by atoms with Gasteiger partial charge in [0, 0.05) is 18.3 Å². The highest BCUT2D eigenvalue weighted by atomic mass is 32.2. The van der Waals surface area contributed by atoms with Gasteiger partial charge in [-0.05, 0) is 37.0 Å². The van der Waals surface area contributed by atoms with Crippen molar-refractivity contribution in [1.82, 2.24) is 4.90 Å². The number of piperidine rings is 1. The summed E-state index contributed by atoms with van der Waals surface area (Å²) in [6.45, 7) is 6.50. The van der Waals surface area contributed by atoms with Crippen LogP contribution in [0.15, 0.2) is 0 Å². The fourth-order valence-electron chi connectivity index (χ4n) is 3.00. The molecule has 2 rings (SSSR count). The summed E-state index contributed by atoms with van der Waals surface area (Å²) in [5.41, 5.74) is 0.406. The summed E-state index contributed by atoms with van der Waals surface area (Å²) in [6.07, 6.45) is 3.11. The van der Waals surface area contributed by atoms with Crippen LogP contribution < -0.4 is 0 Å². The van der Waals surface area contributed by atoms with Crippen LogP contribution in [0.2, 0.25) is 0 Å². The second kappa shape index (κ2) is 5.19. The molecule has 0 spiro atoms. The molecule has 17 heavy (non-hydrogen) atoms. The van der Waals surface area contributed by atoms with E-state index < -0.39 is 5.97 Å². The van der Waals surface area contributed by atoms with Gasteiger partial charge >= 0.3 is 5.97 Å². The summed E-state index contributed by atoms with van der Waals surface area (Å²) in [5, 5.41) is 9.13. The highest BCUT2D eigenvalue weighted by Crippen LogP contribution is 2.36. The Balaban J connectivity index is 1.95. The molecule has 0 bridgehead atoms. The quantitative estimate of drug-likeness (QED) is 0.824. The van der Waals surface area contributed by atoms with Gasteiger partial charge in [-0.3, -0.25) is 9.69 Å². The van der Waals surface area contributed by atoms with E-state index in [1.54, 1.807) is 0 Å². The topological polar surface area (TPSA) is 40.5 Å². The van der Waals surface area contributed by atoms with E-state index in [-0.39, 0.29) is 5.92 Å². The Morgan fingerprint density at radius 2 is 2.24 bits per heavy atom. The van der Waals surface area contributed by atoms with E-state index >= 15 is 0 Å². The van der Waals surface area contributed by atoms with Gasteiger partial charge in [-0.25, -0.2) is 0 Å². The monoisotopic (exact) mass is 257 g/mol. The van der Waals surface area contributed by atoms with E-state index in [0.717, 1.165) is 25.9 Å². The molecular weight excluding hydrogens is 234 g/mol. The Kier molecular flexibility index (Phi) is 4.03. The first-order chi connectivity index (χ1) is 7.98. The molecule has 0 aromatic heterocycles. The second-order valence-electron chi connectivity index (χ2n) is 6.21. The number of thioether (sulfide) groups is 1. The van der Waals surface area contributed by atoms with E-state index in [9.17, 15) is 4.79 Å². The van der Waals surface area contributed by atoms with Crippen LogP contribution in [-0.4, -0.2) is 46.6 Å². The average molecular weight is 257 g/mol. The number of hydrogen-bond acceptors (Lipinski definition) is 3. The van der Waals surface area contributed by atoms with Crippen molar-refractivity contribution >= 4 is 17.7 Å². The van der Waals surface area contributed by atoms with Gasteiger partial charge in [-0.15, -0.1) is 0 Å². The standard InChI is InChI=1S/C13H23NO2S/c1-13(2)6-11(8-17-9-13)14-5-3-4-10(7-14)12(15)16/h10-11H,3-9H2,1-2H3,(H,15,16). The van der Waals surface area contributed by atoms with Crippen molar-refractivity contribution in [2.45, 2.75) is 39.2 Å². The summed E-state index contributed by atoms with van der Waals surface area (Å²) in [5.74, 6) is 1.66. The molecular formula is C13H23NO2S. The van der Waals surface area contributed by atoms with Gasteiger partial charge in [0.25, 0.3) is 0 Å². The SMILES string of the molecule is CC1(C)CSCC(N2CCCC(C(=O)O)C2)C1. The number of hydrogen-bond donors (Lipinski definition) is 1. The van der Waals surface area contributed by atoms with E-state index in [0.29, 0.717) is 11.5 Å². The minimum absolute atomic E-state index is 0.140. The Bertz CT molecular complexity index is 293. The number of carbonyl (C=O) groups is 1. The van der Waals surface area contributed by atoms with Crippen LogP contribution in [0.25, 0.3) is 0 Å². The predicted molar refractivity (Wildman–Crippen MR) is 71.4 cm³/mol. The molecule has 2 saturated heterocycles. The Hall–Kier alpha value is -0.220. The molecule has 3 nitrogen and oxygen atoms in total. The average Bonchev–Trinajstić information content (AvgIpc) is 2.28. The van der Waals surface area contributed by atoms with Gasteiger partial charge in [0.05, 0.1) is 5.92 Å². The second-order valence-corrected chi connectivity index (χ2v) is 7.24. The third kappa shape index (κ3) is 3.38. The molecule has 0 saturated carbocycles. The minimum Gasteiger partial charge on any atom is -0.481 e. The van der Waals surface area contributed by atoms with Crippen molar-refractivity contribution in [3.05, 3.63) is 0 Å². The molecule has 2 aliphatic heterocycles. The van der Waals surface area contributed by atoms with Gasteiger partial charge in [-0.1, -0.05) is 13.8 Å². The Morgan fingerprint density at radius 1 is 1.47 bits per heavy atom. The summed E-state index contributed by atoms with van der Waals surface area (Å²) in [6, 6.07) is 0.589. The van der Waals surface area contributed by atoms with Gasteiger partial charge in [-0.2, -0.15) is 11.8 Å². The normalized spacial score (nSPS) is 34.5. The fraction of sp³-hybridized carbons (Fsp3) is 0.923. The highest BCUT2D eigenvalue weighted by molar-refractivity contribution is 7.99. The van der Waals surface area contributed by atoms with E-state index in [2.05, 4.69) is 18.7 Å². The molecule has 98 valence electrons. The molecule has 0 aliphatic carbocycles. The maximum Gasteiger partial charge on any atom is 0.307 e. The molecule has 2 unspecified atom stereocenters. The Labute approximate surface area is 108 Å². The molecule has 0 aromatic carbocycles. The van der Waals surface area contributed by atoms with Crippen LogP contribution in [-0.2, 0) is 4.79 Å². The minimum atomic E-state index is -0.613. The first-order valence-electron chi connectivity index (χ1n) is 6.52. The summed E-state index contributed by atoms with van der Waals surface area (Å²) >= 11 is 2.02. The van der Waals surface area contributed by atoms with Crippen LogP contribution in [0.3, 0.4) is 0 Å². The molecule has 0 radical (unpaired) electrons. The van der Waals surface area contributed by atoms with E-state index in [1.165, 1.54) is 17.9 Å². The predicted octanol–water partition coefficient (Wildman–Crippen LogP) is 2.31. The van der Waals surface area contributed by atoms with Gasteiger partial charge < -0.3 is 5.11 Å². The van der Waals surface area contributed by atoms with E-state index in [4.69, 9.17) is 5.11 Å². The molecule has 0 aromatic rings. The zero-order valence-electron chi connectivity index (χ0n) is 10.8. The third-order valence-electron chi connectivity index (χ3n) is 3.91. The van der Waals surface area contributed by atoms with Gasteiger partial charge in [0.15, 0.2) is 0 Å². The maximum atomic E-state index is 11.1. The number of nitrogens with zero attached hydrogens (tertiary/aromatic N) is 1. The van der Waals surface area contributed by atoms with Crippen LogP contribution in [0.5, 0.6) is 0 Å². The number of carboxylic acids is 1. The number of aliphatic carboxylic acids is 1. The number of rotatable bonds is 2. The van der Waals surface area contributed by atoms with E-state index in [1.807, 2.05) is 11.8 Å². The van der Waals surface area contributed by atoms with Crippen LogP contribution in [0, 0.1) is 11.3 Å². The van der Waals surface area contributed by atoms with Gasteiger partial charge in [0.2, 0.25) is 0 Å². The third-order valence-corrected chi connectivity index (χ3v) is 5.52. The van der Waals surface area contributed by atoms with Crippen molar-refractivity contribution in [3.63, 3.8) is 0 Å². The van der Waals surface area contributed by atoms with Crippen molar-refractivity contribution in [2.24, 2.45) is 11.3 Å². The van der Waals surface area contributed by atoms with Crippen LogP contribution >= 0.6 is 11.8 Å². The lowest BCUT2D eigenvalue weighted by molar-refractivity contribution is -0.143. The van der Waals surface area contributed by atoms with Crippen LogP contribution in [0.4, 0.5) is 0 Å². The van der Waals surface area contributed by atoms with Crippen LogP contribution in [0.1, 0.15) is 33.1 Å². The Morgan fingerprint density at radius 3 is 2.88 bits per heavy atom. The van der Waals surface area contributed by atoms with Crippen molar-refractivity contribution in [2.75, 3.05) is 24.6 Å². The van der Waals surface area contributed by atoms with Gasteiger partial charge in [0.1, 0.15) is 0 Å².